The SMILES string of the molecule is CCCCNC(=O)CNc1cc(Cl)ccc1Cl. The molecule has 0 atom stereocenters. The second-order valence-corrected chi connectivity index (χ2v) is 4.52. The van der Waals surface area contributed by atoms with E-state index in [1.807, 2.05) is 0 Å². The summed E-state index contributed by atoms with van der Waals surface area (Å²) in [7, 11) is 0. The number of carbonyl (C=O) groups is 1. The Balaban J connectivity index is 2.39. The van der Waals surface area contributed by atoms with Crippen molar-refractivity contribution in [3.63, 3.8) is 0 Å². The fourth-order valence-corrected chi connectivity index (χ4v) is 1.63. The lowest BCUT2D eigenvalue weighted by atomic mass is 10.3. The topological polar surface area (TPSA) is 41.1 Å². The highest BCUT2D eigenvalue weighted by Gasteiger charge is 2.04. The Morgan fingerprint density at radius 1 is 1.35 bits per heavy atom. The molecule has 94 valence electrons. The van der Waals surface area contributed by atoms with Crippen LogP contribution in [0.2, 0.25) is 10.0 Å². The second kappa shape index (κ2) is 7.41. The van der Waals surface area contributed by atoms with Gasteiger partial charge in [0.1, 0.15) is 0 Å². The monoisotopic (exact) mass is 274 g/mol. The lowest BCUT2D eigenvalue weighted by Gasteiger charge is -2.09. The average Bonchev–Trinajstić information content (AvgIpc) is 2.31. The number of carbonyl (C=O) groups excluding carboxylic acids is 1. The van der Waals surface area contributed by atoms with Crippen molar-refractivity contribution in [1.82, 2.24) is 5.32 Å². The number of benzene rings is 1. The minimum atomic E-state index is -0.0468. The molecule has 0 saturated heterocycles. The number of hydrogen-bond acceptors (Lipinski definition) is 2. The molecule has 0 aromatic heterocycles. The Morgan fingerprint density at radius 2 is 2.12 bits per heavy atom. The molecule has 0 saturated carbocycles. The van der Waals surface area contributed by atoms with Gasteiger partial charge in [-0.3, -0.25) is 4.79 Å². The van der Waals surface area contributed by atoms with E-state index in [1.165, 1.54) is 0 Å². The first kappa shape index (κ1) is 14.1. The first-order valence-corrected chi connectivity index (χ1v) is 6.34. The van der Waals surface area contributed by atoms with Crippen LogP contribution >= 0.6 is 23.2 Å². The average molecular weight is 275 g/mol. The van der Waals surface area contributed by atoms with Gasteiger partial charge in [0.2, 0.25) is 5.91 Å². The lowest BCUT2D eigenvalue weighted by molar-refractivity contribution is -0.119. The Kier molecular flexibility index (Phi) is 6.16. The molecule has 0 unspecified atom stereocenters. The lowest BCUT2D eigenvalue weighted by Crippen LogP contribution is -2.30. The molecule has 0 spiro atoms. The van der Waals surface area contributed by atoms with Gasteiger partial charge in [0, 0.05) is 11.6 Å². The molecule has 0 radical (unpaired) electrons. The Labute approximate surface area is 111 Å². The first-order chi connectivity index (χ1) is 8.13. The summed E-state index contributed by atoms with van der Waals surface area (Å²) in [6.45, 7) is 2.99. The number of halogens is 2. The predicted octanol–water partition coefficient (Wildman–Crippen LogP) is 3.32. The molecule has 3 nitrogen and oxygen atoms in total. The van der Waals surface area contributed by atoms with E-state index < -0.39 is 0 Å². The third-order valence-corrected chi connectivity index (χ3v) is 2.78. The molecule has 0 fully saturated rings. The minimum Gasteiger partial charge on any atom is -0.375 e. The maximum absolute atomic E-state index is 11.4. The first-order valence-electron chi connectivity index (χ1n) is 5.59. The molecule has 1 aromatic rings. The Morgan fingerprint density at radius 3 is 2.82 bits per heavy atom. The smallest absolute Gasteiger partial charge is 0.239 e. The van der Waals surface area contributed by atoms with Gasteiger partial charge in [-0.05, 0) is 24.6 Å². The summed E-state index contributed by atoms with van der Waals surface area (Å²) >= 11 is 11.8. The van der Waals surface area contributed by atoms with Crippen LogP contribution in [0.1, 0.15) is 19.8 Å². The van der Waals surface area contributed by atoms with Crippen molar-refractivity contribution >= 4 is 34.8 Å². The van der Waals surface area contributed by atoms with Gasteiger partial charge in [-0.2, -0.15) is 0 Å². The van der Waals surface area contributed by atoms with Gasteiger partial charge in [0.15, 0.2) is 0 Å². The predicted molar refractivity (Wildman–Crippen MR) is 72.9 cm³/mol. The number of amides is 1. The van der Waals surface area contributed by atoms with Crippen molar-refractivity contribution in [2.45, 2.75) is 19.8 Å². The van der Waals surface area contributed by atoms with Crippen LogP contribution in [-0.2, 0) is 4.79 Å². The molecule has 5 heteroatoms. The van der Waals surface area contributed by atoms with Crippen molar-refractivity contribution < 1.29 is 4.79 Å². The highest BCUT2D eigenvalue weighted by molar-refractivity contribution is 6.35. The summed E-state index contributed by atoms with van der Waals surface area (Å²) in [5.74, 6) is -0.0468. The van der Waals surface area contributed by atoms with Gasteiger partial charge in [-0.15, -0.1) is 0 Å². The maximum atomic E-state index is 11.4. The summed E-state index contributed by atoms with van der Waals surface area (Å²) in [6.07, 6.45) is 2.05. The third kappa shape index (κ3) is 5.29. The molecule has 1 amide bonds. The van der Waals surface area contributed by atoms with Gasteiger partial charge in [0.25, 0.3) is 0 Å². The van der Waals surface area contributed by atoms with Crippen LogP contribution in [0.3, 0.4) is 0 Å². The normalized spacial score (nSPS) is 10.1. The van der Waals surface area contributed by atoms with Crippen LogP contribution in [0.5, 0.6) is 0 Å². The highest BCUT2D eigenvalue weighted by Crippen LogP contribution is 2.24. The van der Waals surface area contributed by atoms with Crippen LogP contribution in [0.25, 0.3) is 0 Å². The zero-order valence-corrected chi connectivity index (χ0v) is 11.2. The van der Waals surface area contributed by atoms with Gasteiger partial charge >= 0.3 is 0 Å². The molecule has 17 heavy (non-hydrogen) atoms. The quantitative estimate of drug-likeness (QED) is 0.782. The Hall–Kier alpha value is -0.930. The summed E-state index contributed by atoms with van der Waals surface area (Å²) in [5, 5.41) is 6.90. The van der Waals surface area contributed by atoms with E-state index in [1.54, 1.807) is 18.2 Å². The molecular formula is C12H16Cl2N2O. The third-order valence-electron chi connectivity index (χ3n) is 2.22. The van der Waals surface area contributed by atoms with E-state index in [0.717, 1.165) is 12.8 Å². The van der Waals surface area contributed by atoms with Gasteiger partial charge in [0.05, 0.1) is 17.3 Å². The van der Waals surface area contributed by atoms with Crippen LogP contribution in [0, 0.1) is 0 Å². The van der Waals surface area contributed by atoms with E-state index in [-0.39, 0.29) is 12.5 Å². The standard InChI is InChI=1S/C12H16Cl2N2O/c1-2-3-6-15-12(17)8-16-11-7-9(13)4-5-10(11)14/h4-5,7,16H,2-3,6,8H2,1H3,(H,15,17). The molecule has 1 aromatic carbocycles. The molecule has 2 N–H and O–H groups in total. The zero-order chi connectivity index (χ0) is 12.7. The number of rotatable bonds is 6. The summed E-state index contributed by atoms with van der Waals surface area (Å²) in [5.41, 5.74) is 0.671. The fraction of sp³-hybridized carbons (Fsp3) is 0.417. The highest BCUT2D eigenvalue weighted by atomic mass is 35.5. The van der Waals surface area contributed by atoms with E-state index >= 15 is 0 Å². The largest absolute Gasteiger partial charge is 0.375 e. The summed E-state index contributed by atoms with van der Waals surface area (Å²) in [6, 6.07) is 5.10. The van der Waals surface area contributed by atoms with E-state index in [0.29, 0.717) is 22.3 Å². The van der Waals surface area contributed by atoms with Gasteiger partial charge < -0.3 is 10.6 Å². The van der Waals surface area contributed by atoms with Crippen molar-refractivity contribution in [2.24, 2.45) is 0 Å². The van der Waals surface area contributed by atoms with Crippen LogP contribution < -0.4 is 10.6 Å². The van der Waals surface area contributed by atoms with Crippen LogP contribution in [0.4, 0.5) is 5.69 Å². The number of unbranched alkanes of at least 4 members (excludes halogenated alkanes) is 1. The van der Waals surface area contributed by atoms with Crippen molar-refractivity contribution in [2.75, 3.05) is 18.4 Å². The maximum Gasteiger partial charge on any atom is 0.239 e. The van der Waals surface area contributed by atoms with Crippen molar-refractivity contribution in [1.29, 1.82) is 0 Å². The van der Waals surface area contributed by atoms with Crippen molar-refractivity contribution in [3.8, 4) is 0 Å². The Bertz CT molecular complexity index is 383. The van der Waals surface area contributed by atoms with E-state index in [2.05, 4.69) is 17.6 Å². The molecule has 0 aliphatic rings. The van der Waals surface area contributed by atoms with Gasteiger partial charge in [-0.1, -0.05) is 36.5 Å². The molecule has 1 rings (SSSR count). The summed E-state index contributed by atoms with van der Waals surface area (Å²) in [4.78, 5) is 11.4. The van der Waals surface area contributed by atoms with Crippen molar-refractivity contribution in [3.05, 3.63) is 28.2 Å². The molecule has 0 aliphatic carbocycles. The van der Waals surface area contributed by atoms with E-state index in [4.69, 9.17) is 23.2 Å². The van der Waals surface area contributed by atoms with Crippen LogP contribution in [0.15, 0.2) is 18.2 Å². The molecule has 0 aliphatic heterocycles. The molecule has 0 bridgehead atoms. The number of hydrogen-bond donors (Lipinski definition) is 2. The number of nitrogens with one attached hydrogen (secondary N) is 2. The minimum absolute atomic E-state index is 0.0468. The van der Waals surface area contributed by atoms with Crippen LogP contribution in [-0.4, -0.2) is 19.0 Å². The second-order valence-electron chi connectivity index (χ2n) is 3.68. The summed E-state index contributed by atoms with van der Waals surface area (Å²) < 4.78 is 0. The molecular weight excluding hydrogens is 259 g/mol. The zero-order valence-electron chi connectivity index (χ0n) is 9.72. The van der Waals surface area contributed by atoms with Gasteiger partial charge in [-0.25, -0.2) is 0 Å². The van der Waals surface area contributed by atoms with E-state index in [9.17, 15) is 4.79 Å². The molecule has 0 heterocycles. The number of anilines is 1. The fourth-order valence-electron chi connectivity index (χ4n) is 1.28.